The Morgan fingerprint density at radius 3 is 2.73 bits per heavy atom. The third-order valence-electron chi connectivity index (χ3n) is 4.90. The molecule has 0 bridgehead atoms. The first kappa shape index (κ1) is 16.9. The molecular weight excluding hydrogens is 276 g/mol. The smallest absolute Gasteiger partial charge is 0.311 e. The van der Waals surface area contributed by atoms with Gasteiger partial charge in [-0.3, -0.25) is 4.79 Å². The van der Waals surface area contributed by atoms with E-state index in [1.54, 1.807) is 7.11 Å². The Labute approximate surface area is 134 Å². The van der Waals surface area contributed by atoms with Gasteiger partial charge in [0.15, 0.2) is 0 Å². The largest absolute Gasteiger partial charge is 0.497 e. The standard InChI is InChI=1S/C19H28O3/c1-19(2,18(20)22-4)11-5-6-14-7-8-16-13-17(21-3)10-9-15(16)12-14/h9-10,13-14H,5-8,11-12H2,1-4H3. The number of hydrogen-bond donors (Lipinski definition) is 0. The van der Waals surface area contributed by atoms with Crippen molar-refractivity contribution in [1.82, 2.24) is 0 Å². The van der Waals surface area contributed by atoms with E-state index in [0.717, 1.165) is 37.4 Å². The number of esters is 1. The average Bonchev–Trinajstić information content (AvgIpc) is 2.53. The monoisotopic (exact) mass is 304 g/mol. The fourth-order valence-corrected chi connectivity index (χ4v) is 3.39. The molecule has 1 unspecified atom stereocenters. The number of ether oxygens (including phenoxy) is 2. The van der Waals surface area contributed by atoms with Gasteiger partial charge in [0.05, 0.1) is 19.6 Å². The Kier molecular flexibility index (Phi) is 5.49. The molecule has 122 valence electrons. The number of fused-ring (bicyclic) bond motifs is 1. The maximum atomic E-state index is 11.7. The molecule has 1 aliphatic carbocycles. The van der Waals surface area contributed by atoms with Crippen LogP contribution >= 0.6 is 0 Å². The topological polar surface area (TPSA) is 35.5 Å². The van der Waals surface area contributed by atoms with Crippen LogP contribution in [0.1, 0.15) is 50.7 Å². The molecule has 0 heterocycles. The number of aryl methyl sites for hydroxylation is 1. The highest BCUT2D eigenvalue weighted by Crippen LogP contribution is 2.33. The second-order valence-corrected chi connectivity index (χ2v) is 7.01. The second kappa shape index (κ2) is 7.17. The fourth-order valence-electron chi connectivity index (χ4n) is 3.39. The van der Waals surface area contributed by atoms with Gasteiger partial charge < -0.3 is 9.47 Å². The van der Waals surface area contributed by atoms with Crippen molar-refractivity contribution in [3.8, 4) is 5.75 Å². The van der Waals surface area contributed by atoms with Gasteiger partial charge in [0.1, 0.15) is 5.75 Å². The van der Waals surface area contributed by atoms with Crippen LogP contribution in [-0.2, 0) is 22.4 Å². The van der Waals surface area contributed by atoms with Gasteiger partial charge in [0.25, 0.3) is 0 Å². The first-order valence-corrected chi connectivity index (χ1v) is 8.20. The van der Waals surface area contributed by atoms with E-state index < -0.39 is 0 Å². The predicted molar refractivity (Wildman–Crippen MR) is 88.2 cm³/mol. The summed E-state index contributed by atoms with van der Waals surface area (Å²) in [7, 11) is 3.19. The first-order valence-electron chi connectivity index (χ1n) is 8.20. The lowest BCUT2D eigenvalue weighted by Gasteiger charge is -2.27. The van der Waals surface area contributed by atoms with Crippen LogP contribution in [0.2, 0.25) is 0 Å². The molecule has 0 aromatic heterocycles. The van der Waals surface area contributed by atoms with Gasteiger partial charge in [0, 0.05) is 0 Å². The summed E-state index contributed by atoms with van der Waals surface area (Å²) in [5, 5.41) is 0. The van der Waals surface area contributed by atoms with Crippen LogP contribution in [0.5, 0.6) is 5.75 Å². The molecule has 1 atom stereocenters. The minimum Gasteiger partial charge on any atom is -0.497 e. The Balaban J connectivity index is 1.85. The minimum absolute atomic E-state index is 0.103. The van der Waals surface area contributed by atoms with Crippen LogP contribution in [0.25, 0.3) is 0 Å². The molecule has 0 radical (unpaired) electrons. The number of carbonyl (C=O) groups excluding carboxylic acids is 1. The van der Waals surface area contributed by atoms with Gasteiger partial charge in [-0.25, -0.2) is 0 Å². The summed E-state index contributed by atoms with van der Waals surface area (Å²) in [6.45, 7) is 3.95. The first-order chi connectivity index (χ1) is 10.5. The summed E-state index contributed by atoms with van der Waals surface area (Å²) in [5.41, 5.74) is 2.53. The summed E-state index contributed by atoms with van der Waals surface area (Å²) in [6.07, 6.45) is 6.68. The van der Waals surface area contributed by atoms with Gasteiger partial charge in [-0.05, 0) is 68.7 Å². The van der Waals surface area contributed by atoms with Crippen LogP contribution < -0.4 is 4.74 Å². The lowest BCUT2D eigenvalue weighted by molar-refractivity contribution is -0.151. The molecule has 22 heavy (non-hydrogen) atoms. The van der Waals surface area contributed by atoms with Gasteiger partial charge in [-0.1, -0.05) is 18.9 Å². The second-order valence-electron chi connectivity index (χ2n) is 7.01. The predicted octanol–water partition coefficient (Wildman–Crippen LogP) is 4.17. The molecule has 0 aliphatic heterocycles. The normalized spacial score (nSPS) is 17.7. The third-order valence-corrected chi connectivity index (χ3v) is 4.90. The molecule has 1 aliphatic rings. The van der Waals surface area contributed by atoms with E-state index in [1.165, 1.54) is 31.1 Å². The molecule has 3 nitrogen and oxygen atoms in total. The van der Waals surface area contributed by atoms with E-state index in [-0.39, 0.29) is 11.4 Å². The Hall–Kier alpha value is -1.51. The van der Waals surface area contributed by atoms with Gasteiger partial charge >= 0.3 is 5.97 Å². The molecule has 3 heteroatoms. The van der Waals surface area contributed by atoms with E-state index in [4.69, 9.17) is 9.47 Å². The maximum Gasteiger partial charge on any atom is 0.311 e. The van der Waals surface area contributed by atoms with Crippen LogP contribution in [0.15, 0.2) is 18.2 Å². The molecular formula is C19H28O3. The molecule has 0 saturated carbocycles. The quantitative estimate of drug-likeness (QED) is 0.740. The zero-order chi connectivity index (χ0) is 16.2. The fraction of sp³-hybridized carbons (Fsp3) is 0.632. The number of carbonyl (C=O) groups is 1. The number of benzene rings is 1. The van der Waals surface area contributed by atoms with Crippen molar-refractivity contribution in [3.05, 3.63) is 29.3 Å². The number of rotatable bonds is 6. The van der Waals surface area contributed by atoms with Crippen molar-refractivity contribution in [3.63, 3.8) is 0 Å². The van der Waals surface area contributed by atoms with Crippen LogP contribution in [0.4, 0.5) is 0 Å². The third kappa shape index (κ3) is 4.02. The summed E-state index contributed by atoms with van der Waals surface area (Å²) in [6, 6.07) is 6.44. The van der Waals surface area contributed by atoms with Crippen molar-refractivity contribution in [2.24, 2.45) is 11.3 Å². The van der Waals surface area contributed by atoms with E-state index in [9.17, 15) is 4.79 Å². The number of hydrogen-bond acceptors (Lipinski definition) is 3. The highest BCUT2D eigenvalue weighted by Gasteiger charge is 2.28. The molecule has 0 N–H and O–H groups in total. The highest BCUT2D eigenvalue weighted by molar-refractivity contribution is 5.75. The lowest BCUT2D eigenvalue weighted by Crippen LogP contribution is -2.26. The summed E-state index contributed by atoms with van der Waals surface area (Å²) in [4.78, 5) is 11.7. The van der Waals surface area contributed by atoms with Crippen LogP contribution in [-0.4, -0.2) is 20.2 Å². The Morgan fingerprint density at radius 2 is 2.05 bits per heavy atom. The molecule has 2 rings (SSSR count). The van der Waals surface area contributed by atoms with Gasteiger partial charge in [-0.2, -0.15) is 0 Å². The highest BCUT2D eigenvalue weighted by atomic mass is 16.5. The van der Waals surface area contributed by atoms with Gasteiger partial charge in [-0.15, -0.1) is 0 Å². The van der Waals surface area contributed by atoms with Crippen LogP contribution in [0.3, 0.4) is 0 Å². The van der Waals surface area contributed by atoms with Crippen molar-refractivity contribution in [1.29, 1.82) is 0 Å². The summed E-state index contributed by atoms with van der Waals surface area (Å²) >= 11 is 0. The minimum atomic E-state index is -0.366. The Morgan fingerprint density at radius 1 is 1.27 bits per heavy atom. The van der Waals surface area contributed by atoms with Crippen molar-refractivity contribution in [2.45, 2.75) is 52.4 Å². The molecule has 0 fully saturated rings. The average molecular weight is 304 g/mol. The van der Waals surface area contributed by atoms with E-state index in [0.29, 0.717) is 0 Å². The zero-order valence-electron chi connectivity index (χ0n) is 14.3. The van der Waals surface area contributed by atoms with E-state index >= 15 is 0 Å². The van der Waals surface area contributed by atoms with Crippen molar-refractivity contribution >= 4 is 5.97 Å². The zero-order valence-corrected chi connectivity index (χ0v) is 14.3. The summed E-state index contributed by atoms with van der Waals surface area (Å²) < 4.78 is 10.2. The molecule has 0 saturated heterocycles. The van der Waals surface area contributed by atoms with E-state index in [2.05, 4.69) is 18.2 Å². The molecule has 0 amide bonds. The van der Waals surface area contributed by atoms with Crippen molar-refractivity contribution in [2.75, 3.05) is 14.2 Å². The van der Waals surface area contributed by atoms with Crippen molar-refractivity contribution < 1.29 is 14.3 Å². The molecule has 1 aromatic rings. The maximum absolute atomic E-state index is 11.7. The van der Waals surface area contributed by atoms with Gasteiger partial charge in [0.2, 0.25) is 0 Å². The lowest BCUT2D eigenvalue weighted by atomic mass is 9.79. The SMILES string of the molecule is COC(=O)C(C)(C)CCCC1CCc2cc(OC)ccc2C1. The molecule has 0 spiro atoms. The van der Waals surface area contributed by atoms with Crippen LogP contribution in [0, 0.1) is 11.3 Å². The Bertz CT molecular complexity index is 519. The molecule has 1 aromatic carbocycles. The number of methoxy groups -OCH3 is 2. The van der Waals surface area contributed by atoms with E-state index in [1.807, 2.05) is 13.8 Å². The summed E-state index contributed by atoms with van der Waals surface area (Å²) in [5.74, 6) is 1.58.